The highest BCUT2D eigenvalue weighted by atomic mass is 79.9. The van der Waals surface area contributed by atoms with Gasteiger partial charge in [-0.1, -0.05) is 15.9 Å². The Morgan fingerprint density at radius 2 is 2.20 bits per heavy atom. The molecule has 1 amide bonds. The van der Waals surface area contributed by atoms with Gasteiger partial charge in [-0.05, 0) is 55.7 Å². The van der Waals surface area contributed by atoms with Crippen LogP contribution >= 0.6 is 15.9 Å². The Labute approximate surface area is 126 Å². The fourth-order valence-electron chi connectivity index (χ4n) is 2.27. The van der Waals surface area contributed by atoms with Gasteiger partial charge in [-0.3, -0.25) is 4.79 Å². The molecule has 1 heterocycles. The number of carbonyl (C=O) groups is 1. The molecule has 2 aromatic rings. The molecule has 0 N–H and O–H groups in total. The van der Waals surface area contributed by atoms with E-state index in [4.69, 9.17) is 4.42 Å². The maximum absolute atomic E-state index is 12.7. The maximum Gasteiger partial charge on any atom is 0.254 e. The third-order valence-electron chi connectivity index (χ3n) is 3.56. The van der Waals surface area contributed by atoms with Crippen LogP contribution in [0.3, 0.4) is 0 Å². The number of rotatable bonds is 4. The monoisotopic (exact) mass is 333 g/mol. The van der Waals surface area contributed by atoms with E-state index in [2.05, 4.69) is 15.9 Å². The summed E-state index contributed by atoms with van der Waals surface area (Å²) in [6, 6.07) is 9.86. The third kappa shape index (κ3) is 2.80. The number of benzene rings is 1. The topological polar surface area (TPSA) is 33.5 Å². The van der Waals surface area contributed by atoms with Gasteiger partial charge in [0.2, 0.25) is 0 Å². The summed E-state index contributed by atoms with van der Waals surface area (Å²) in [4.78, 5) is 14.6. The quantitative estimate of drug-likeness (QED) is 0.841. The van der Waals surface area contributed by atoms with E-state index in [1.165, 1.54) is 0 Å². The van der Waals surface area contributed by atoms with Crippen LogP contribution in [0.25, 0.3) is 0 Å². The maximum atomic E-state index is 12.7. The Balaban J connectivity index is 1.83. The highest BCUT2D eigenvalue weighted by Crippen LogP contribution is 2.30. The van der Waals surface area contributed by atoms with Crippen molar-refractivity contribution in [1.29, 1.82) is 0 Å². The van der Waals surface area contributed by atoms with Gasteiger partial charge in [-0.15, -0.1) is 0 Å². The second kappa shape index (κ2) is 5.44. The van der Waals surface area contributed by atoms with Crippen LogP contribution in [0.2, 0.25) is 0 Å². The van der Waals surface area contributed by atoms with Crippen molar-refractivity contribution in [3.63, 3.8) is 0 Å². The lowest BCUT2D eigenvalue weighted by Gasteiger charge is -2.21. The molecule has 0 aliphatic heterocycles. The first-order valence-electron chi connectivity index (χ1n) is 6.74. The number of halogens is 1. The molecule has 3 rings (SSSR count). The van der Waals surface area contributed by atoms with E-state index in [1.807, 2.05) is 42.2 Å². The summed E-state index contributed by atoms with van der Waals surface area (Å²) in [5.41, 5.74) is 1.81. The number of carbonyl (C=O) groups excluding carboxylic acids is 1. The predicted molar refractivity (Wildman–Crippen MR) is 80.5 cm³/mol. The summed E-state index contributed by atoms with van der Waals surface area (Å²) >= 11 is 3.47. The SMILES string of the molecule is Cc1cc(C(=O)N(Cc2ccco2)C2CC2)ccc1Br. The molecule has 104 valence electrons. The van der Waals surface area contributed by atoms with E-state index in [9.17, 15) is 4.79 Å². The van der Waals surface area contributed by atoms with Crippen molar-refractivity contribution in [3.8, 4) is 0 Å². The summed E-state index contributed by atoms with van der Waals surface area (Å²) in [6.45, 7) is 2.54. The molecule has 1 aromatic heterocycles. The zero-order valence-electron chi connectivity index (χ0n) is 11.3. The molecule has 1 aromatic carbocycles. The molecule has 0 unspecified atom stereocenters. The Bertz CT molecular complexity index is 617. The zero-order chi connectivity index (χ0) is 14.1. The lowest BCUT2D eigenvalue weighted by molar-refractivity contribution is 0.0717. The molecule has 1 fully saturated rings. The van der Waals surface area contributed by atoms with Gasteiger partial charge in [0.15, 0.2) is 0 Å². The number of hydrogen-bond donors (Lipinski definition) is 0. The fourth-order valence-corrected chi connectivity index (χ4v) is 2.51. The van der Waals surface area contributed by atoms with Crippen molar-refractivity contribution < 1.29 is 9.21 Å². The van der Waals surface area contributed by atoms with Gasteiger partial charge in [0.05, 0.1) is 12.8 Å². The molecular weight excluding hydrogens is 318 g/mol. The van der Waals surface area contributed by atoms with Gasteiger partial charge in [-0.2, -0.15) is 0 Å². The van der Waals surface area contributed by atoms with Crippen molar-refractivity contribution in [3.05, 3.63) is 58.0 Å². The van der Waals surface area contributed by atoms with Gasteiger partial charge >= 0.3 is 0 Å². The Morgan fingerprint density at radius 3 is 2.80 bits per heavy atom. The number of nitrogens with zero attached hydrogens (tertiary/aromatic N) is 1. The van der Waals surface area contributed by atoms with Crippen molar-refractivity contribution >= 4 is 21.8 Å². The minimum absolute atomic E-state index is 0.0829. The first kappa shape index (κ1) is 13.4. The molecule has 1 aliphatic rings. The van der Waals surface area contributed by atoms with E-state index in [0.717, 1.165) is 34.2 Å². The summed E-state index contributed by atoms with van der Waals surface area (Å²) in [6.07, 6.45) is 3.82. The lowest BCUT2D eigenvalue weighted by atomic mass is 10.1. The molecule has 0 saturated heterocycles. The van der Waals surface area contributed by atoms with E-state index in [-0.39, 0.29) is 5.91 Å². The van der Waals surface area contributed by atoms with Gasteiger partial charge in [0, 0.05) is 16.1 Å². The molecule has 3 nitrogen and oxygen atoms in total. The van der Waals surface area contributed by atoms with E-state index >= 15 is 0 Å². The summed E-state index contributed by atoms with van der Waals surface area (Å²) in [7, 11) is 0. The van der Waals surface area contributed by atoms with Crippen LogP contribution < -0.4 is 0 Å². The Hall–Kier alpha value is -1.55. The summed E-state index contributed by atoms with van der Waals surface area (Å²) < 4.78 is 6.40. The first-order valence-corrected chi connectivity index (χ1v) is 7.54. The predicted octanol–water partition coefficient (Wildman–Crippen LogP) is 4.16. The van der Waals surface area contributed by atoms with Gasteiger partial charge < -0.3 is 9.32 Å². The van der Waals surface area contributed by atoms with Crippen LogP contribution in [0.15, 0.2) is 45.5 Å². The van der Waals surface area contributed by atoms with Crippen LogP contribution in [-0.2, 0) is 6.54 Å². The Kier molecular flexibility index (Phi) is 3.66. The van der Waals surface area contributed by atoms with Gasteiger partial charge in [0.25, 0.3) is 5.91 Å². The van der Waals surface area contributed by atoms with Crippen molar-refractivity contribution in [2.45, 2.75) is 32.4 Å². The lowest BCUT2D eigenvalue weighted by Crippen LogP contribution is -2.32. The van der Waals surface area contributed by atoms with Crippen molar-refractivity contribution in [1.82, 2.24) is 4.90 Å². The van der Waals surface area contributed by atoms with E-state index in [1.54, 1.807) is 6.26 Å². The average Bonchev–Trinajstić information content (AvgIpc) is 3.15. The smallest absolute Gasteiger partial charge is 0.254 e. The van der Waals surface area contributed by atoms with E-state index < -0.39 is 0 Å². The largest absolute Gasteiger partial charge is 0.467 e. The third-order valence-corrected chi connectivity index (χ3v) is 4.45. The minimum atomic E-state index is 0.0829. The molecule has 20 heavy (non-hydrogen) atoms. The second-order valence-corrected chi connectivity index (χ2v) is 6.06. The molecule has 1 saturated carbocycles. The van der Waals surface area contributed by atoms with Crippen molar-refractivity contribution in [2.24, 2.45) is 0 Å². The molecule has 4 heteroatoms. The fraction of sp³-hybridized carbons (Fsp3) is 0.312. The highest BCUT2D eigenvalue weighted by molar-refractivity contribution is 9.10. The van der Waals surface area contributed by atoms with Crippen LogP contribution in [-0.4, -0.2) is 16.8 Å². The molecule has 0 atom stereocenters. The molecule has 0 spiro atoms. The number of hydrogen-bond acceptors (Lipinski definition) is 2. The van der Waals surface area contributed by atoms with Gasteiger partial charge in [-0.25, -0.2) is 0 Å². The highest BCUT2D eigenvalue weighted by Gasteiger charge is 2.33. The summed E-state index contributed by atoms with van der Waals surface area (Å²) in [5.74, 6) is 0.915. The molecule has 0 radical (unpaired) electrons. The van der Waals surface area contributed by atoms with Crippen LogP contribution in [0.5, 0.6) is 0 Å². The minimum Gasteiger partial charge on any atom is -0.467 e. The van der Waals surface area contributed by atoms with Crippen LogP contribution in [0.1, 0.15) is 34.5 Å². The second-order valence-electron chi connectivity index (χ2n) is 5.21. The van der Waals surface area contributed by atoms with Crippen LogP contribution in [0, 0.1) is 6.92 Å². The van der Waals surface area contributed by atoms with Crippen LogP contribution in [0.4, 0.5) is 0 Å². The number of amides is 1. The standard InChI is InChI=1S/C16H16BrNO2/c1-11-9-12(4-7-15(11)17)16(19)18(13-5-6-13)10-14-3-2-8-20-14/h2-4,7-9,13H,5-6,10H2,1H3. The normalized spacial score (nSPS) is 14.3. The van der Waals surface area contributed by atoms with E-state index in [0.29, 0.717) is 12.6 Å². The number of aryl methyl sites for hydroxylation is 1. The average molecular weight is 334 g/mol. The van der Waals surface area contributed by atoms with Crippen molar-refractivity contribution in [2.75, 3.05) is 0 Å². The summed E-state index contributed by atoms with van der Waals surface area (Å²) in [5, 5.41) is 0. The Morgan fingerprint density at radius 1 is 1.40 bits per heavy atom. The molecule has 0 bridgehead atoms. The zero-order valence-corrected chi connectivity index (χ0v) is 12.9. The first-order chi connectivity index (χ1) is 9.65. The number of furan rings is 1. The molecular formula is C16H16BrNO2. The molecule has 1 aliphatic carbocycles. The van der Waals surface area contributed by atoms with Gasteiger partial charge in [0.1, 0.15) is 5.76 Å².